The van der Waals surface area contributed by atoms with Gasteiger partial charge in [0.2, 0.25) is 0 Å². The third-order valence-corrected chi connectivity index (χ3v) is 4.43. The molecule has 2 heterocycles. The summed E-state index contributed by atoms with van der Waals surface area (Å²) in [7, 11) is 1.72. The molecule has 1 aromatic rings. The van der Waals surface area contributed by atoms with Crippen molar-refractivity contribution >= 4 is 5.96 Å². The zero-order valence-electron chi connectivity index (χ0n) is 13.5. The van der Waals surface area contributed by atoms with Gasteiger partial charge in [0.25, 0.3) is 0 Å². The Morgan fingerprint density at radius 2 is 2.23 bits per heavy atom. The molecule has 2 aliphatic heterocycles. The SMILES string of the molecule is COc1cccc(C(CNC2=NCC(C)N2)N2CCCC2)c1. The van der Waals surface area contributed by atoms with Crippen LogP contribution in [0, 0.1) is 0 Å². The lowest BCUT2D eigenvalue weighted by atomic mass is 10.1. The van der Waals surface area contributed by atoms with Gasteiger partial charge in [-0.1, -0.05) is 12.1 Å². The molecule has 2 N–H and O–H groups in total. The summed E-state index contributed by atoms with van der Waals surface area (Å²) in [6.45, 7) is 6.21. The van der Waals surface area contributed by atoms with E-state index >= 15 is 0 Å². The summed E-state index contributed by atoms with van der Waals surface area (Å²) in [4.78, 5) is 7.05. The number of guanidine groups is 1. The molecule has 2 unspecified atom stereocenters. The first-order valence-electron chi connectivity index (χ1n) is 8.19. The van der Waals surface area contributed by atoms with Crippen molar-refractivity contribution in [2.24, 2.45) is 4.99 Å². The molecule has 22 heavy (non-hydrogen) atoms. The van der Waals surface area contributed by atoms with Crippen LogP contribution >= 0.6 is 0 Å². The Hall–Kier alpha value is -1.75. The highest BCUT2D eigenvalue weighted by Crippen LogP contribution is 2.27. The minimum Gasteiger partial charge on any atom is -0.497 e. The largest absolute Gasteiger partial charge is 0.497 e. The number of nitrogens with one attached hydrogen (secondary N) is 2. The van der Waals surface area contributed by atoms with E-state index in [1.807, 2.05) is 6.07 Å². The summed E-state index contributed by atoms with van der Waals surface area (Å²) in [6.07, 6.45) is 2.58. The van der Waals surface area contributed by atoms with E-state index in [0.717, 1.165) is 24.8 Å². The third kappa shape index (κ3) is 3.53. The predicted octanol–water partition coefficient (Wildman–Crippen LogP) is 1.77. The normalized spacial score (nSPS) is 23.0. The first-order chi connectivity index (χ1) is 10.8. The Balaban J connectivity index is 1.71. The summed E-state index contributed by atoms with van der Waals surface area (Å²) in [5.41, 5.74) is 1.31. The van der Waals surface area contributed by atoms with Gasteiger partial charge in [0, 0.05) is 12.6 Å². The summed E-state index contributed by atoms with van der Waals surface area (Å²) >= 11 is 0. The number of ether oxygens (including phenoxy) is 1. The number of aliphatic imine (C=N–C) groups is 1. The van der Waals surface area contributed by atoms with E-state index in [-0.39, 0.29) is 0 Å². The molecule has 0 amide bonds. The summed E-state index contributed by atoms with van der Waals surface area (Å²) in [5, 5.41) is 6.85. The summed E-state index contributed by atoms with van der Waals surface area (Å²) < 4.78 is 5.38. The number of nitrogens with zero attached hydrogens (tertiary/aromatic N) is 2. The average Bonchev–Trinajstić information content (AvgIpc) is 3.20. The second-order valence-electron chi connectivity index (χ2n) is 6.15. The predicted molar refractivity (Wildman–Crippen MR) is 89.4 cm³/mol. The first kappa shape index (κ1) is 15.2. The standard InChI is InChI=1S/C17H26N4O/c1-13-11-18-17(20-13)19-12-16(21-8-3-4-9-21)14-6-5-7-15(10-14)22-2/h5-7,10,13,16H,3-4,8-9,11-12H2,1-2H3,(H2,18,19,20). The van der Waals surface area contributed by atoms with Gasteiger partial charge in [-0.25, -0.2) is 0 Å². The molecule has 1 fully saturated rings. The molecule has 2 aliphatic rings. The second kappa shape index (κ2) is 7.01. The van der Waals surface area contributed by atoms with Crippen molar-refractivity contribution in [2.45, 2.75) is 31.8 Å². The van der Waals surface area contributed by atoms with Crippen molar-refractivity contribution in [1.82, 2.24) is 15.5 Å². The lowest BCUT2D eigenvalue weighted by molar-refractivity contribution is 0.245. The number of hydrogen-bond donors (Lipinski definition) is 2. The fourth-order valence-corrected chi connectivity index (χ4v) is 3.21. The zero-order valence-corrected chi connectivity index (χ0v) is 13.5. The van der Waals surface area contributed by atoms with Gasteiger partial charge in [0.15, 0.2) is 5.96 Å². The fourth-order valence-electron chi connectivity index (χ4n) is 3.21. The summed E-state index contributed by atoms with van der Waals surface area (Å²) in [6, 6.07) is 9.21. The van der Waals surface area contributed by atoms with Crippen LogP contribution in [0.15, 0.2) is 29.3 Å². The van der Waals surface area contributed by atoms with E-state index < -0.39 is 0 Å². The molecule has 0 saturated carbocycles. The summed E-state index contributed by atoms with van der Waals surface area (Å²) in [5.74, 6) is 1.85. The number of benzene rings is 1. The van der Waals surface area contributed by atoms with Crippen LogP contribution in [0.25, 0.3) is 0 Å². The Bertz CT molecular complexity index is 525. The quantitative estimate of drug-likeness (QED) is 0.870. The van der Waals surface area contributed by atoms with Crippen LogP contribution in [0.5, 0.6) is 5.75 Å². The molecular formula is C17H26N4O. The molecule has 1 saturated heterocycles. The Labute approximate surface area is 132 Å². The molecule has 1 aromatic carbocycles. The Morgan fingerprint density at radius 1 is 1.41 bits per heavy atom. The molecule has 2 atom stereocenters. The van der Waals surface area contributed by atoms with Crippen LogP contribution in [-0.4, -0.2) is 50.2 Å². The Kier molecular flexibility index (Phi) is 4.83. The second-order valence-corrected chi connectivity index (χ2v) is 6.15. The molecule has 5 heteroatoms. The maximum Gasteiger partial charge on any atom is 0.191 e. The molecule has 0 spiro atoms. The highest BCUT2D eigenvalue weighted by atomic mass is 16.5. The van der Waals surface area contributed by atoms with Crippen LogP contribution in [0.3, 0.4) is 0 Å². The highest BCUT2D eigenvalue weighted by Gasteiger charge is 2.24. The third-order valence-electron chi connectivity index (χ3n) is 4.43. The van der Waals surface area contributed by atoms with Gasteiger partial charge in [0.1, 0.15) is 5.75 Å². The van der Waals surface area contributed by atoms with Gasteiger partial charge in [-0.15, -0.1) is 0 Å². The van der Waals surface area contributed by atoms with E-state index in [1.54, 1.807) is 7.11 Å². The van der Waals surface area contributed by atoms with Gasteiger partial charge in [0.05, 0.1) is 19.7 Å². The smallest absolute Gasteiger partial charge is 0.191 e. The van der Waals surface area contributed by atoms with Crippen molar-refractivity contribution < 1.29 is 4.74 Å². The van der Waals surface area contributed by atoms with E-state index in [0.29, 0.717) is 12.1 Å². The topological polar surface area (TPSA) is 48.9 Å². The average molecular weight is 302 g/mol. The lowest BCUT2D eigenvalue weighted by Gasteiger charge is -2.28. The first-order valence-corrected chi connectivity index (χ1v) is 8.19. The molecule has 0 aliphatic carbocycles. The van der Waals surface area contributed by atoms with Crippen LogP contribution in [0.1, 0.15) is 31.4 Å². The molecule has 120 valence electrons. The minimum atomic E-state index is 0.359. The molecule has 5 nitrogen and oxygen atoms in total. The minimum absolute atomic E-state index is 0.359. The maximum atomic E-state index is 5.38. The molecule has 0 radical (unpaired) electrons. The van der Waals surface area contributed by atoms with E-state index in [1.165, 1.54) is 31.5 Å². The van der Waals surface area contributed by atoms with Crippen LogP contribution in [0.2, 0.25) is 0 Å². The molecule has 0 bridgehead atoms. The van der Waals surface area contributed by atoms with E-state index in [4.69, 9.17) is 4.74 Å². The monoisotopic (exact) mass is 302 g/mol. The van der Waals surface area contributed by atoms with Gasteiger partial charge in [-0.2, -0.15) is 0 Å². The van der Waals surface area contributed by atoms with Crippen molar-refractivity contribution in [2.75, 3.05) is 33.3 Å². The van der Waals surface area contributed by atoms with E-state index in [2.05, 4.69) is 45.6 Å². The van der Waals surface area contributed by atoms with Crippen molar-refractivity contribution in [3.05, 3.63) is 29.8 Å². The van der Waals surface area contributed by atoms with Crippen molar-refractivity contribution in [3.8, 4) is 5.75 Å². The number of hydrogen-bond acceptors (Lipinski definition) is 5. The number of rotatable bonds is 5. The van der Waals surface area contributed by atoms with E-state index in [9.17, 15) is 0 Å². The van der Waals surface area contributed by atoms with Gasteiger partial charge in [-0.3, -0.25) is 9.89 Å². The molecule has 3 rings (SSSR count). The Morgan fingerprint density at radius 3 is 2.91 bits per heavy atom. The fraction of sp³-hybridized carbons (Fsp3) is 0.588. The maximum absolute atomic E-state index is 5.38. The van der Waals surface area contributed by atoms with Crippen molar-refractivity contribution in [3.63, 3.8) is 0 Å². The van der Waals surface area contributed by atoms with Gasteiger partial charge in [-0.05, 0) is 50.6 Å². The van der Waals surface area contributed by atoms with Crippen molar-refractivity contribution in [1.29, 1.82) is 0 Å². The molecular weight excluding hydrogens is 276 g/mol. The molecule has 0 aromatic heterocycles. The van der Waals surface area contributed by atoms with Gasteiger partial charge < -0.3 is 15.4 Å². The van der Waals surface area contributed by atoms with Crippen LogP contribution in [0.4, 0.5) is 0 Å². The van der Waals surface area contributed by atoms with Gasteiger partial charge >= 0.3 is 0 Å². The zero-order chi connectivity index (χ0) is 15.4. The number of methoxy groups -OCH3 is 1. The van der Waals surface area contributed by atoms with Crippen LogP contribution in [-0.2, 0) is 0 Å². The highest BCUT2D eigenvalue weighted by molar-refractivity contribution is 5.81. The van der Waals surface area contributed by atoms with Crippen LogP contribution < -0.4 is 15.4 Å². The lowest BCUT2D eigenvalue weighted by Crippen LogP contribution is -2.42. The number of likely N-dealkylation sites (tertiary alicyclic amines) is 1.